The Kier molecular flexibility index (Phi) is 9.77. The van der Waals surface area contributed by atoms with Crippen LogP contribution >= 0.6 is 0 Å². The van der Waals surface area contributed by atoms with Gasteiger partial charge < -0.3 is 10.4 Å². The van der Waals surface area contributed by atoms with E-state index in [1.54, 1.807) is 17.7 Å². The first-order valence-corrected chi connectivity index (χ1v) is 15.5. The van der Waals surface area contributed by atoms with E-state index in [9.17, 15) is 14.3 Å². The van der Waals surface area contributed by atoms with Gasteiger partial charge in [-0.05, 0) is 117 Å². The molecule has 2 fully saturated rings. The lowest BCUT2D eigenvalue weighted by molar-refractivity contribution is -0.149. The van der Waals surface area contributed by atoms with Crippen molar-refractivity contribution < 1.29 is 14.3 Å². The van der Waals surface area contributed by atoms with Crippen LogP contribution in [0.5, 0.6) is 0 Å². The molecule has 2 saturated carbocycles. The number of rotatable bonds is 11. The van der Waals surface area contributed by atoms with Gasteiger partial charge in [-0.1, -0.05) is 63.3 Å². The number of benzene rings is 1. The normalized spacial score (nSPS) is 30.5. The predicted octanol–water partition coefficient (Wildman–Crippen LogP) is 8.16. The van der Waals surface area contributed by atoms with Crippen molar-refractivity contribution in [2.75, 3.05) is 6.54 Å². The molecule has 0 aromatic heterocycles. The summed E-state index contributed by atoms with van der Waals surface area (Å²) < 4.78 is 13.3. The maximum atomic E-state index is 13.3. The SMILES string of the molecule is CC1=C(CCC(=O)NCCCCCCCc2cccc(F)c2)[C@@H]2CC[C@H]3C(C)(C)[C@@H](O)CC[C@]3(C)[C@H]2CC1. The molecule has 38 heavy (non-hydrogen) atoms. The third kappa shape index (κ3) is 6.54. The molecule has 0 bridgehead atoms. The lowest BCUT2D eigenvalue weighted by Gasteiger charge is -2.62. The Labute approximate surface area is 231 Å². The van der Waals surface area contributed by atoms with E-state index in [4.69, 9.17) is 0 Å². The molecule has 0 spiro atoms. The van der Waals surface area contributed by atoms with E-state index in [-0.39, 0.29) is 23.2 Å². The van der Waals surface area contributed by atoms with Gasteiger partial charge in [0.25, 0.3) is 0 Å². The van der Waals surface area contributed by atoms with Gasteiger partial charge in [0.05, 0.1) is 6.10 Å². The van der Waals surface area contributed by atoms with Crippen LogP contribution in [0.25, 0.3) is 0 Å². The molecule has 0 unspecified atom stereocenters. The number of hydrogen-bond donors (Lipinski definition) is 2. The molecule has 4 heteroatoms. The topological polar surface area (TPSA) is 49.3 Å². The summed E-state index contributed by atoms with van der Waals surface area (Å²) in [6.07, 6.45) is 14.7. The Morgan fingerprint density at radius 3 is 2.58 bits per heavy atom. The van der Waals surface area contributed by atoms with Crippen molar-refractivity contribution in [3.05, 3.63) is 46.8 Å². The smallest absolute Gasteiger partial charge is 0.220 e. The zero-order valence-electron chi connectivity index (χ0n) is 24.5. The number of aliphatic hydroxyl groups excluding tert-OH is 1. The summed E-state index contributed by atoms with van der Waals surface area (Å²) in [5.74, 6) is 1.94. The Morgan fingerprint density at radius 1 is 1.03 bits per heavy atom. The molecule has 0 heterocycles. The average molecular weight is 526 g/mol. The lowest BCUT2D eigenvalue weighted by atomic mass is 9.43. The van der Waals surface area contributed by atoms with Gasteiger partial charge in [0.2, 0.25) is 5.91 Å². The first-order chi connectivity index (χ1) is 18.1. The molecule has 2 N–H and O–H groups in total. The van der Waals surface area contributed by atoms with E-state index in [0.29, 0.717) is 29.6 Å². The highest BCUT2D eigenvalue weighted by Gasteiger charge is 2.58. The van der Waals surface area contributed by atoms with E-state index in [2.05, 4.69) is 33.0 Å². The van der Waals surface area contributed by atoms with Crippen molar-refractivity contribution in [2.45, 2.75) is 124 Å². The standard InChI is InChI=1S/C34H52FNO2/c1-24-14-17-29-28(15-18-30-33(2,3)31(37)20-21-34(29,30)4)27(24)16-19-32(38)36-22-9-7-5-6-8-11-25-12-10-13-26(35)23-25/h10,12-13,23,28-31,37H,5-9,11,14-22H2,1-4H3,(H,36,38)/t28-,29-,30-,31-,34+/m0/s1. The van der Waals surface area contributed by atoms with E-state index < -0.39 is 0 Å². The summed E-state index contributed by atoms with van der Waals surface area (Å²) in [7, 11) is 0. The number of aryl methyl sites for hydroxylation is 1. The zero-order valence-corrected chi connectivity index (χ0v) is 24.5. The number of fused-ring (bicyclic) bond motifs is 3. The molecule has 0 aliphatic heterocycles. The van der Waals surface area contributed by atoms with Gasteiger partial charge in [-0.3, -0.25) is 4.79 Å². The highest BCUT2D eigenvalue weighted by Crippen LogP contribution is 2.64. The second kappa shape index (κ2) is 12.7. The van der Waals surface area contributed by atoms with Crippen molar-refractivity contribution in [3.8, 4) is 0 Å². The van der Waals surface area contributed by atoms with Gasteiger partial charge in [-0.15, -0.1) is 0 Å². The van der Waals surface area contributed by atoms with E-state index in [0.717, 1.165) is 69.9 Å². The van der Waals surface area contributed by atoms with Crippen LogP contribution in [0.2, 0.25) is 0 Å². The monoisotopic (exact) mass is 525 g/mol. The van der Waals surface area contributed by atoms with Crippen LogP contribution in [0.1, 0.15) is 117 Å². The minimum Gasteiger partial charge on any atom is -0.393 e. The molecule has 0 radical (unpaired) electrons. The molecule has 3 aliphatic rings. The second-order valence-corrected chi connectivity index (χ2v) is 13.6. The highest BCUT2D eigenvalue weighted by atomic mass is 19.1. The van der Waals surface area contributed by atoms with Gasteiger partial charge in [-0.2, -0.15) is 0 Å². The van der Waals surface area contributed by atoms with Crippen LogP contribution in [0.3, 0.4) is 0 Å². The second-order valence-electron chi connectivity index (χ2n) is 13.6. The summed E-state index contributed by atoms with van der Waals surface area (Å²) in [5.41, 5.74) is 4.50. The molecule has 5 atom stereocenters. The fraction of sp³-hybridized carbons (Fsp3) is 0.735. The minimum atomic E-state index is -0.179. The van der Waals surface area contributed by atoms with Crippen LogP contribution in [0.15, 0.2) is 35.4 Å². The Bertz CT molecular complexity index is 984. The summed E-state index contributed by atoms with van der Waals surface area (Å²) in [6, 6.07) is 6.91. The molecular weight excluding hydrogens is 473 g/mol. The Morgan fingerprint density at radius 2 is 1.79 bits per heavy atom. The summed E-state index contributed by atoms with van der Waals surface area (Å²) in [4.78, 5) is 12.7. The van der Waals surface area contributed by atoms with Gasteiger partial charge in [-0.25, -0.2) is 4.39 Å². The number of allylic oxidation sites excluding steroid dienone is 2. The van der Waals surface area contributed by atoms with Crippen molar-refractivity contribution in [1.29, 1.82) is 0 Å². The molecule has 1 amide bonds. The largest absolute Gasteiger partial charge is 0.393 e. The molecule has 1 aromatic rings. The van der Waals surface area contributed by atoms with Gasteiger partial charge >= 0.3 is 0 Å². The van der Waals surface area contributed by atoms with Crippen molar-refractivity contribution in [1.82, 2.24) is 5.32 Å². The predicted molar refractivity (Wildman–Crippen MR) is 154 cm³/mol. The number of unbranched alkanes of at least 4 members (excludes halogenated alkanes) is 4. The average Bonchev–Trinajstić information content (AvgIpc) is 2.87. The lowest BCUT2D eigenvalue weighted by Crippen LogP contribution is -2.56. The van der Waals surface area contributed by atoms with Crippen molar-refractivity contribution in [2.24, 2.45) is 28.6 Å². The van der Waals surface area contributed by atoms with Crippen LogP contribution < -0.4 is 5.32 Å². The highest BCUT2D eigenvalue weighted by molar-refractivity contribution is 5.76. The number of hydrogen-bond acceptors (Lipinski definition) is 2. The minimum absolute atomic E-state index is 0.00443. The van der Waals surface area contributed by atoms with E-state index in [1.807, 2.05) is 6.07 Å². The van der Waals surface area contributed by atoms with Crippen LogP contribution in [-0.4, -0.2) is 23.7 Å². The quantitative estimate of drug-likeness (QED) is 0.226. The van der Waals surface area contributed by atoms with Crippen LogP contribution in [0, 0.1) is 34.4 Å². The maximum absolute atomic E-state index is 13.3. The van der Waals surface area contributed by atoms with Crippen LogP contribution in [0.4, 0.5) is 4.39 Å². The first kappa shape index (κ1) is 29.3. The van der Waals surface area contributed by atoms with Crippen LogP contribution in [-0.2, 0) is 11.2 Å². The van der Waals surface area contributed by atoms with Gasteiger partial charge in [0.15, 0.2) is 0 Å². The van der Waals surface area contributed by atoms with E-state index in [1.165, 1.54) is 37.3 Å². The third-order valence-electron chi connectivity index (χ3n) is 10.9. The first-order valence-electron chi connectivity index (χ1n) is 15.5. The Hall–Kier alpha value is -1.68. The summed E-state index contributed by atoms with van der Waals surface area (Å²) in [5, 5.41) is 13.9. The molecule has 3 aliphatic carbocycles. The summed E-state index contributed by atoms with van der Waals surface area (Å²) in [6.45, 7) is 10.2. The number of aliphatic hydroxyl groups is 1. The third-order valence-corrected chi connectivity index (χ3v) is 10.9. The molecule has 4 rings (SSSR count). The number of nitrogens with one attached hydrogen (secondary N) is 1. The molecule has 3 nitrogen and oxygen atoms in total. The number of halogens is 1. The molecular formula is C34H52FNO2. The molecule has 1 aromatic carbocycles. The number of carbonyl (C=O) groups is 1. The van der Waals surface area contributed by atoms with Crippen molar-refractivity contribution in [3.63, 3.8) is 0 Å². The Balaban J connectivity index is 1.17. The fourth-order valence-corrected chi connectivity index (χ4v) is 8.67. The molecule has 212 valence electrons. The van der Waals surface area contributed by atoms with Gasteiger partial charge in [0.1, 0.15) is 5.82 Å². The number of carbonyl (C=O) groups excluding carboxylic acids is 1. The summed E-state index contributed by atoms with van der Waals surface area (Å²) >= 11 is 0. The fourth-order valence-electron chi connectivity index (χ4n) is 8.67. The number of amides is 1. The van der Waals surface area contributed by atoms with E-state index >= 15 is 0 Å². The maximum Gasteiger partial charge on any atom is 0.220 e. The van der Waals surface area contributed by atoms with Crippen molar-refractivity contribution >= 4 is 5.91 Å². The molecule has 0 saturated heterocycles. The zero-order chi connectivity index (χ0) is 27.3. The van der Waals surface area contributed by atoms with Gasteiger partial charge in [0, 0.05) is 13.0 Å².